The number of hydrogen-bond acceptors (Lipinski definition) is 4. The molecule has 2 aromatic heterocycles. The Labute approximate surface area is 122 Å². The number of nitrogens with one attached hydrogen (secondary N) is 1. The number of benzene rings is 1. The Bertz CT molecular complexity index is 782. The molecule has 0 unspecified atom stereocenters. The summed E-state index contributed by atoms with van der Waals surface area (Å²) in [4.78, 5) is 16.8. The fraction of sp³-hybridized carbons (Fsp3) is 0.0833. The molecule has 0 radical (unpaired) electrons. The second-order valence-electron chi connectivity index (χ2n) is 4.06. The number of aryl methyl sites for hydroxylation is 1. The molecule has 8 heteroatoms. The lowest BCUT2D eigenvalue weighted by Crippen LogP contribution is -2.12. The molecule has 2 heterocycles. The Balaban J connectivity index is 1.84. The molecule has 3 aromatic rings. The lowest BCUT2D eigenvalue weighted by Gasteiger charge is -2.03. The van der Waals surface area contributed by atoms with Crippen molar-refractivity contribution in [1.82, 2.24) is 14.6 Å². The van der Waals surface area contributed by atoms with Gasteiger partial charge < -0.3 is 5.32 Å². The highest BCUT2D eigenvalue weighted by Crippen LogP contribution is 2.20. The van der Waals surface area contributed by atoms with E-state index in [4.69, 9.17) is 11.6 Å². The van der Waals surface area contributed by atoms with E-state index in [0.29, 0.717) is 10.6 Å². The SMILES string of the molecule is Cc1nn2cc(C(=O)Nc3ccc(F)c(Cl)c3)nc2s1. The van der Waals surface area contributed by atoms with Crippen molar-refractivity contribution in [2.24, 2.45) is 0 Å². The maximum absolute atomic E-state index is 13.0. The van der Waals surface area contributed by atoms with Crippen molar-refractivity contribution in [2.45, 2.75) is 6.92 Å². The van der Waals surface area contributed by atoms with E-state index in [9.17, 15) is 9.18 Å². The summed E-state index contributed by atoms with van der Waals surface area (Å²) in [7, 11) is 0. The highest BCUT2D eigenvalue weighted by Gasteiger charge is 2.13. The molecule has 0 aliphatic carbocycles. The first-order valence-corrected chi connectivity index (χ1v) is 6.81. The van der Waals surface area contributed by atoms with Crippen LogP contribution in [0.2, 0.25) is 5.02 Å². The first kappa shape index (κ1) is 13.0. The molecular formula is C12H8ClFN4OS. The Morgan fingerprint density at radius 2 is 2.30 bits per heavy atom. The van der Waals surface area contributed by atoms with Gasteiger partial charge in [-0.25, -0.2) is 13.9 Å². The van der Waals surface area contributed by atoms with Crippen LogP contribution < -0.4 is 5.32 Å². The van der Waals surface area contributed by atoms with Crippen LogP contribution in [0.3, 0.4) is 0 Å². The number of aromatic nitrogens is 3. The zero-order valence-corrected chi connectivity index (χ0v) is 11.8. The van der Waals surface area contributed by atoms with Gasteiger partial charge in [0, 0.05) is 5.69 Å². The van der Waals surface area contributed by atoms with Crippen LogP contribution in [-0.4, -0.2) is 20.5 Å². The standard InChI is InChI=1S/C12H8ClFN4OS/c1-6-17-18-5-10(16-12(18)20-6)11(19)15-7-2-3-9(14)8(13)4-7/h2-5H,1H3,(H,15,19). The van der Waals surface area contributed by atoms with Gasteiger partial charge in [-0.15, -0.1) is 0 Å². The van der Waals surface area contributed by atoms with E-state index < -0.39 is 11.7 Å². The Hall–Kier alpha value is -1.99. The number of amides is 1. The molecule has 5 nitrogen and oxygen atoms in total. The minimum Gasteiger partial charge on any atom is -0.321 e. The Kier molecular flexibility index (Phi) is 3.15. The highest BCUT2D eigenvalue weighted by molar-refractivity contribution is 7.16. The second-order valence-corrected chi connectivity index (χ2v) is 5.62. The van der Waals surface area contributed by atoms with Crippen LogP contribution in [0.25, 0.3) is 4.96 Å². The molecule has 1 aromatic carbocycles. The minimum atomic E-state index is -0.535. The largest absolute Gasteiger partial charge is 0.321 e. The normalized spacial score (nSPS) is 10.9. The Morgan fingerprint density at radius 1 is 1.50 bits per heavy atom. The third-order valence-electron chi connectivity index (χ3n) is 2.55. The fourth-order valence-corrected chi connectivity index (χ4v) is 2.58. The van der Waals surface area contributed by atoms with Crippen molar-refractivity contribution in [1.29, 1.82) is 0 Å². The van der Waals surface area contributed by atoms with Gasteiger partial charge in [-0.1, -0.05) is 22.9 Å². The molecule has 3 rings (SSSR count). The maximum Gasteiger partial charge on any atom is 0.275 e. The number of hydrogen-bond donors (Lipinski definition) is 1. The average molecular weight is 311 g/mol. The molecule has 1 N–H and O–H groups in total. The number of rotatable bonds is 2. The van der Waals surface area contributed by atoms with E-state index in [1.165, 1.54) is 29.5 Å². The van der Waals surface area contributed by atoms with Crippen molar-refractivity contribution in [3.63, 3.8) is 0 Å². The maximum atomic E-state index is 13.0. The molecule has 1 amide bonds. The number of imidazole rings is 1. The third kappa shape index (κ3) is 2.37. The molecule has 0 spiro atoms. The van der Waals surface area contributed by atoms with Crippen molar-refractivity contribution >= 4 is 39.5 Å². The number of anilines is 1. The predicted molar refractivity (Wildman–Crippen MR) is 75.0 cm³/mol. The van der Waals surface area contributed by atoms with Crippen LogP contribution >= 0.6 is 22.9 Å². The van der Waals surface area contributed by atoms with Crippen LogP contribution in [0.4, 0.5) is 10.1 Å². The summed E-state index contributed by atoms with van der Waals surface area (Å²) in [6.07, 6.45) is 1.54. The van der Waals surface area contributed by atoms with E-state index in [1.54, 1.807) is 10.7 Å². The van der Waals surface area contributed by atoms with E-state index in [1.807, 2.05) is 6.92 Å². The molecule has 0 aliphatic heterocycles. The van der Waals surface area contributed by atoms with E-state index in [-0.39, 0.29) is 10.7 Å². The van der Waals surface area contributed by atoms with Crippen molar-refractivity contribution in [3.05, 3.63) is 45.9 Å². The Morgan fingerprint density at radius 3 is 3.00 bits per heavy atom. The monoisotopic (exact) mass is 310 g/mol. The van der Waals surface area contributed by atoms with Crippen molar-refractivity contribution < 1.29 is 9.18 Å². The quantitative estimate of drug-likeness (QED) is 0.791. The molecule has 0 bridgehead atoms. The summed E-state index contributed by atoms with van der Waals surface area (Å²) in [6, 6.07) is 3.96. The molecule has 20 heavy (non-hydrogen) atoms. The average Bonchev–Trinajstić information content (AvgIpc) is 2.91. The van der Waals surface area contributed by atoms with Crippen LogP contribution in [0, 0.1) is 12.7 Å². The van der Waals surface area contributed by atoms with E-state index in [2.05, 4.69) is 15.4 Å². The van der Waals surface area contributed by atoms with Gasteiger partial charge in [0.1, 0.15) is 16.5 Å². The van der Waals surface area contributed by atoms with Crippen LogP contribution in [0.1, 0.15) is 15.5 Å². The number of carbonyl (C=O) groups is 1. The fourth-order valence-electron chi connectivity index (χ4n) is 1.68. The number of fused-ring (bicyclic) bond motifs is 1. The first-order chi connectivity index (χ1) is 9.52. The minimum absolute atomic E-state index is 0.0501. The number of carbonyl (C=O) groups excluding carboxylic acids is 1. The first-order valence-electron chi connectivity index (χ1n) is 5.62. The summed E-state index contributed by atoms with van der Waals surface area (Å²) in [6.45, 7) is 1.86. The van der Waals surface area contributed by atoms with E-state index in [0.717, 1.165) is 5.01 Å². The van der Waals surface area contributed by atoms with Crippen LogP contribution in [0.5, 0.6) is 0 Å². The summed E-state index contributed by atoms with van der Waals surface area (Å²) < 4.78 is 14.6. The summed E-state index contributed by atoms with van der Waals surface area (Å²) in [5, 5.41) is 7.59. The molecule has 0 fully saturated rings. The zero-order chi connectivity index (χ0) is 14.3. The lowest BCUT2D eigenvalue weighted by molar-refractivity contribution is 0.102. The van der Waals surface area contributed by atoms with Crippen LogP contribution in [0.15, 0.2) is 24.4 Å². The van der Waals surface area contributed by atoms with Gasteiger partial charge in [0.05, 0.1) is 11.2 Å². The predicted octanol–water partition coefficient (Wildman–Crippen LogP) is 3.14. The van der Waals surface area contributed by atoms with Gasteiger partial charge in [-0.05, 0) is 25.1 Å². The van der Waals surface area contributed by atoms with E-state index >= 15 is 0 Å². The van der Waals surface area contributed by atoms with Gasteiger partial charge in [0.2, 0.25) is 4.96 Å². The summed E-state index contributed by atoms with van der Waals surface area (Å²) >= 11 is 7.04. The topological polar surface area (TPSA) is 59.3 Å². The van der Waals surface area contributed by atoms with Gasteiger partial charge in [0.25, 0.3) is 5.91 Å². The summed E-state index contributed by atoms with van der Waals surface area (Å²) in [5.74, 6) is -0.935. The van der Waals surface area contributed by atoms with Gasteiger partial charge in [-0.3, -0.25) is 4.79 Å². The van der Waals surface area contributed by atoms with Gasteiger partial charge >= 0.3 is 0 Å². The molecular weight excluding hydrogens is 303 g/mol. The molecule has 0 saturated carbocycles. The van der Waals surface area contributed by atoms with Gasteiger partial charge in [0.15, 0.2) is 0 Å². The smallest absolute Gasteiger partial charge is 0.275 e. The molecule has 0 saturated heterocycles. The highest BCUT2D eigenvalue weighted by atomic mass is 35.5. The third-order valence-corrected chi connectivity index (χ3v) is 3.68. The van der Waals surface area contributed by atoms with Crippen molar-refractivity contribution in [2.75, 3.05) is 5.32 Å². The molecule has 102 valence electrons. The number of nitrogens with zero attached hydrogens (tertiary/aromatic N) is 3. The lowest BCUT2D eigenvalue weighted by atomic mass is 10.3. The molecule has 0 aliphatic rings. The van der Waals surface area contributed by atoms with Crippen molar-refractivity contribution in [3.8, 4) is 0 Å². The van der Waals surface area contributed by atoms with Crippen LogP contribution in [-0.2, 0) is 0 Å². The molecule has 0 atom stereocenters. The number of halogens is 2. The summed E-state index contributed by atoms with van der Waals surface area (Å²) in [5.41, 5.74) is 0.645. The zero-order valence-electron chi connectivity index (χ0n) is 10.2. The second kappa shape index (κ2) is 4.84. The van der Waals surface area contributed by atoms with Gasteiger partial charge in [-0.2, -0.15) is 5.10 Å².